The highest BCUT2D eigenvalue weighted by Gasteiger charge is 2.05. The lowest BCUT2D eigenvalue weighted by Gasteiger charge is -2.20. The summed E-state index contributed by atoms with van der Waals surface area (Å²) in [6.45, 7) is 9.34. The number of nitrogens with one attached hydrogen (secondary N) is 1. The molecule has 21 heavy (non-hydrogen) atoms. The summed E-state index contributed by atoms with van der Waals surface area (Å²) in [5.41, 5.74) is 0.870. The lowest BCUT2D eigenvalue weighted by atomic mass is 10.4. The summed E-state index contributed by atoms with van der Waals surface area (Å²) in [5.74, 6) is 0. The van der Waals surface area contributed by atoms with Crippen LogP contribution in [0.25, 0.3) is 0 Å². The van der Waals surface area contributed by atoms with Crippen LogP contribution in [0.15, 0.2) is 17.1 Å². The highest BCUT2D eigenvalue weighted by atomic mass is 16.1. The SMILES string of the molecule is CCN(CC)c1cnn(CCNCCCN(C)C)c(=O)c1. The number of aromatic nitrogens is 2. The minimum absolute atomic E-state index is 0.0329. The normalized spacial score (nSPS) is 11.1. The maximum absolute atomic E-state index is 12.0. The summed E-state index contributed by atoms with van der Waals surface area (Å²) in [4.78, 5) is 16.3. The van der Waals surface area contributed by atoms with Crippen molar-refractivity contribution in [2.75, 3.05) is 51.7 Å². The van der Waals surface area contributed by atoms with Crippen LogP contribution in [0.2, 0.25) is 0 Å². The highest BCUT2D eigenvalue weighted by molar-refractivity contribution is 5.42. The van der Waals surface area contributed by atoms with Crippen LogP contribution in [0, 0.1) is 0 Å². The zero-order chi connectivity index (χ0) is 15.7. The third kappa shape index (κ3) is 6.27. The second-order valence-corrected chi connectivity index (χ2v) is 5.35. The summed E-state index contributed by atoms with van der Waals surface area (Å²) in [6, 6.07) is 1.67. The molecule has 6 heteroatoms. The molecule has 1 rings (SSSR count). The fourth-order valence-corrected chi connectivity index (χ4v) is 2.18. The molecule has 0 saturated heterocycles. The first-order valence-electron chi connectivity index (χ1n) is 7.76. The van der Waals surface area contributed by atoms with Gasteiger partial charge in [-0.1, -0.05) is 0 Å². The molecule has 0 atom stereocenters. The molecular weight excluding hydrogens is 266 g/mol. The van der Waals surface area contributed by atoms with Crippen LogP contribution in [-0.4, -0.2) is 61.5 Å². The summed E-state index contributed by atoms with van der Waals surface area (Å²) >= 11 is 0. The zero-order valence-corrected chi connectivity index (χ0v) is 13.8. The minimum Gasteiger partial charge on any atom is -0.371 e. The van der Waals surface area contributed by atoms with Crippen LogP contribution in [-0.2, 0) is 6.54 Å². The van der Waals surface area contributed by atoms with Crippen LogP contribution in [0.4, 0.5) is 5.69 Å². The first-order valence-corrected chi connectivity index (χ1v) is 7.76. The first-order chi connectivity index (χ1) is 10.1. The molecule has 6 nitrogen and oxygen atoms in total. The van der Waals surface area contributed by atoms with E-state index in [1.165, 1.54) is 4.68 Å². The second-order valence-electron chi connectivity index (χ2n) is 5.35. The van der Waals surface area contributed by atoms with Gasteiger partial charge in [-0.25, -0.2) is 4.68 Å². The Labute approximate surface area is 127 Å². The van der Waals surface area contributed by atoms with Crippen molar-refractivity contribution in [2.45, 2.75) is 26.8 Å². The molecule has 0 aliphatic rings. The molecular formula is C15H29N5O. The minimum atomic E-state index is -0.0329. The van der Waals surface area contributed by atoms with Crippen molar-refractivity contribution < 1.29 is 0 Å². The van der Waals surface area contributed by atoms with Gasteiger partial charge in [-0.15, -0.1) is 0 Å². The van der Waals surface area contributed by atoms with E-state index < -0.39 is 0 Å². The Morgan fingerprint density at radius 3 is 2.52 bits per heavy atom. The summed E-state index contributed by atoms with van der Waals surface area (Å²) in [5, 5.41) is 7.59. The lowest BCUT2D eigenvalue weighted by molar-refractivity contribution is 0.392. The molecule has 120 valence electrons. The van der Waals surface area contributed by atoms with E-state index in [-0.39, 0.29) is 5.56 Å². The van der Waals surface area contributed by atoms with Gasteiger partial charge in [0.05, 0.1) is 18.4 Å². The van der Waals surface area contributed by atoms with Crippen molar-refractivity contribution in [1.82, 2.24) is 20.0 Å². The quantitative estimate of drug-likeness (QED) is 0.642. The molecule has 0 aliphatic heterocycles. The van der Waals surface area contributed by atoms with Crippen molar-refractivity contribution in [3.63, 3.8) is 0 Å². The van der Waals surface area contributed by atoms with E-state index >= 15 is 0 Å². The molecule has 0 aliphatic carbocycles. The molecule has 0 unspecified atom stereocenters. The van der Waals surface area contributed by atoms with Crippen molar-refractivity contribution in [2.24, 2.45) is 0 Å². The highest BCUT2D eigenvalue weighted by Crippen LogP contribution is 2.07. The summed E-state index contributed by atoms with van der Waals surface area (Å²) in [6.07, 6.45) is 2.89. The average Bonchev–Trinajstić information content (AvgIpc) is 2.45. The van der Waals surface area contributed by atoms with Crippen LogP contribution >= 0.6 is 0 Å². The Morgan fingerprint density at radius 1 is 1.24 bits per heavy atom. The summed E-state index contributed by atoms with van der Waals surface area (Å²) in [7, 11) is 4.14. The number of rotatable bonds is 10. The molecule has 0 bridgehead atoms. The Balaban J connectivity index is 2.41. The van der Waals surface area contributed by atoms with Crippen molar-refractivity contribution in [1.29, 1.82) is 0 Å². The fraction of sp³-hybridized carbons (Fsp3) is 0.733. The molecule has 0 aromatic carbocycles. The first kappa shape index (κ1) is 17.7. The molecule has 0 amide bonds. The maximum atomic E-state index is 12.0. The lowest BCUT2D eigenvalue weighted by Crippen LogP contribution is -2.31. The Hall–Kier alpha value is -1.40. The van der Waals surface area contributed by atoms with Gasteiger partial charge in [0.1, 0.15) is 0 Å². The molecule has 0 fully saturated rings. The third-order valence-corrected chi connectivity index (χ3v) is 3.44. The zero-order valence-electron chi connectivity index (χ0n) is 13.8. The van der Waals surface area contributed by atoms with Gasteiger partial charge in [-0.2, -0.15) is 5.10 Å². The van der Waals surface area contributed by atoms with Gasteiger partial charge >= 0.3 is 0 Å². The standard InChI is InChI=1S/C15H29N5O/c1-5-19(6-2)14-12-15(21)20(17-13-14)11-9-16-8-7-10-18(3)4/h12-13,16H,5-11H2,1-4H3. The average molecular weight is 295 g/mol. The maximum Gasteiger partial charge on any atom is 0.268 e. The van der Waals surface area contributed by atoms with E-state index in [2.05, 4.69) is 48.2 Å². The molecule has 1 heterocycles. The number of hydrogen-bond acceptors (Lipinski definition) is 5. The molecule has 1 aromatic rings. The molecule has 0 saturated carbocycles. The van der Waals surface area contributed by atoms with Crippen molar-refractivity contribution in [3.05, 3.63) is 22.6 Å². The van der Waals surface area contributed by atoms with E-state index in [4.69, 9.17) is 0 Å². The third-order valence-electron chi connectivity index (χ3n) is 3.44. The Kier molecular flexibility index (Phi) is 8.00. The Morgan fingerprint density at radius 2 is 1.95 bits per heavy atom. The van der Waals surface area contributed by atoms with E-state index in [1.807, 2.05) is 0 Å². The van der Waals surface area contributed by atoms with Crippen LogP contribution in [0.5, 0.6) is 0 Å². The number of anilines is 1. The monoisotopic (exact) mass is 295 g/mol. The Bertz CT molecular complexity index is 454. The van der Waals surface area contributed by atoms with Gasteiger partial charge in [0.25, 0.3) is 5.56 Å². The number of nitrogens with zero attached hydrogens (tertiary/aromatic N) is 4. The van der Waals surface area contributed by atoms with Gasteiger partial charge in [-0.3, -0.25) is 4.79 Å². The van der Waals surface area contributed by atoms with Crippen molar-refractivity contribution in [3.8, 4) is 0 Å². The second kappa shape index (κ2) is 9.52. The smallest absolute Gasteiger partial charge is 0.268 e. The molecule has 1 aromatic heterocycles. The topological polar surface area (TPSA) is 53.4 Å². The van der Waals surface area contributed by atoms with E-state index in [9.17, 15) is 4.79 Å². The van der Waals surface area contributed by atoms with Crippen LogP contribution in [0.1, 0.15) is 20.3 Å². The molecule has 0 radical (unpaired) electrons. The van der Waals surface area contributed by atoms with Gasteiger partial charge < -0.3 is 15.1 Å². The van der Waals surface area contributed by atoms with Crippen molar-refractivity contribution >= 4 is 5.69 Å². The van der Waals surface area contributed by atoms with Gasteiger partial charge in [0.15, 0.2) is 0 Å². The van der Waals surface area contributed by atoms with E-state index in [0.29, 0.717) is 6.54 Å². The van der Waals surface area contributed by atoms with Crippen LogP contribution in [0.3, 0.4) is 0 Å². The number of hydrogen-bond donors (Lipinski definition) is 1. The largest absolute Gasteiger partial charge is 0.371 e. The van der Waals surface area contributed by atoms with Crippen LogP contribution < -0.4 is 15.8 Å². The predicted octanol–water partition coefficient (Wildman–Crippen LogP) is 0.631. The van der Waals surface area contributed by atoms with E-state index in [0.717, 1.165) is 44.8 Å². The van der Waals surface area contributed by atoms with Gasteiger partial charge in [-0.05, 0) is 47.5 Å². The molecule has 0 spiro atoms. The summed E-state index contributed by atoms with van der Waals surface area (Å²) < 4.78 is 1.52. The predicted molar refractivity (Wildman–Crippen MR) is 88.1 cm³/mol. The fourth-order valence-electron chi connectivity index (χ4n) is 2.18. The van der Waals surface area contributed by atoms with Gasteiger partial charge in [0.2, 0.25) is 0 Å². The van der Waals surface area contributed by atoms with Gasteiger partial charge in [0, 0.05) is 25.7 Å². The molecule has 1 N–H and O–H groups in total. The van der Waals surface area contributed by atoms with E-state index in [1.54, 1.807) is 12.3 Å².